The van der Waals surface area contributed by atoms with E-state index >= 15 is 0 Å². The number of benzene rings is 2. The van der Waals surface area contributed by atoms with Gasteiger partial charge in [0, 0.05) is 23.7 Å². The molecule has 0 aliphatic carbocycles. The molecule has 1 aliphatic rings. The fraction of sp³-hybridized carbons (Fsp3) is 0.318. The lowest BCUT2D eigenvalue weighted by atomic mass is 10.1. The lowest BCUT2D eigenvalue weighted by molar-refractivity contribution is -0.149. The van der Waals surface area contributed by atoms with Crippen molar-refractivity contribution >= 4 is 23.3 Å². The van der Waals surface area contributed by atoms with Gasteiger partial charge in [0.05, 0.1) is 0 Å². The number of ether oxygens (including phenoxy) is 2. The molecule has 1 atom stereocenters. The van der Waals surface area contributed by atoms with Crippen molar-refractivity contribution in [2.24, 2.45) is 0 Å². The summed E-state index contributed by atoms with van der Waals surface area (Å²) in [5.74, 6) is -0.379. The van der Waals surface area contributed by atoms with Gasteiger partial charge < -0.3 is 14.4 Å². The smallest absolute Gasteiger partial charge is 0.344 e. The molecule has 0 spiro atoms. The third-order valence-corrected chi connectivity index (χ3v) is 4.69. The Labute approximate surface area is 164 Å². The second kappa shape index (κ2) is 8.69. The van der Waals surface area contributed by atoms with Gasteiger partial charge in [0.2, 0.25) is 0 Å². The first-order chi connectivity index (χ1) is 13.5. The number of nitrogens with zero attached hydrogens (tertiary/aromatic N) is 1. The van der Waals surface area contributed by atoms with Gasteiger partial charge in [0.15, 0.2) is 19.0 Å². The molecule has 0 radical (unpaired) electrons. The number of fused-ring (bicyclic) bond motifs is 1. The highest BCUT2D eigenvalue weighted by molar-refractivity contribution is 5.98. The summed E-state index contributed by atoms with van der Waals surface area (Å²) in [6.07, 6.45) is 1.22. The molecule has 0 aromatic heterocycles. The average Bonchev–Trinajstić information content (AvgIpc) is 3.06. The van der Waals surface area contributed by atoms with Crippen LogP contribution in [0, 0.1) is 0 Å². The molecule has 0 bridgehead atoms. The van der Waals surface area contributed by atoms with Crippen molar-refractivity contribution in [3.63, 3.8) is 0 Å². The Kier molecular flexibility index (Phi) is 6.09. The minimum Gasteiger partial charge on any atom is -0.482 e. The van der Waals surface area contributed by atoms with Gasteiger partial charge in [-0.3, -0.25) is 9.59 Å². The molecular weight excluding hydrogens is 358 g/mol. The maximum atomic E-state index is 12.5. The van der Waals surface area contributed by atoms with Gasteiger partial charge in [-0.2, -0.15) is 0 Å². The number of Topliss-reactive ketones (excluding diaryl/α,β-unsaturated/α-hetero) is 1. The van der Waals surface area contributed by atoms with Crippen molar-refractivity contribution in [2.45, 2.75) is 32.7 Å². The number of hydrogen-bond donors (Lipinski definition) is 0. The van der Waals surface area contributed by atoms with Gasteiger partial charge in [0.1, 0.15) is 5.75 Å². The topological polar surface area (TPSA) is 72.9 Å². The highest BCUT2D eigenvalue weighted by Gasteiger charge is 2.30. The summed E-state index contributed by atoms with van der Waals surface area (Å²) in [7, 11) is 0. The van der Waals surface area contributed by atoms with Crippen LogP contribution in [0.4, 0.5) is 5.69 Å². The van der Waals surface area contributed by atoms with Crippen LogP contribution >= 0.6 is 0 Å². The predicted molar refractivity (Wildman–Crippen MR) is 105 cm³/mol. The number of esters is 1. The molecule has 0 unspecified atom stereocenters. The van der Waals surface area contributed by atoms with E-state index in [1.807, 2.05) is 31.2 Å². The van der Waals surface area contributed by atoms with E-state index in [4.69, 9.17) is 9.47 Å². The SMILES string of the molecule is CCC(=O)c1ccc(OCC(=O)OCC(=O)N2c3ccccc3C[C@H]2C)cc1. The standard InChI is InChI=1S/C22H23NO5/c1-3-20(24)16-8-10-18(11-9-16)27-14-22(26)28-13-21(25)23-15(2)12-17-6-4-5-7-19(17)23/h4-11,15H,3,12-14H2,1-2H3/t15-/m1/s1. The third kappa shape index (κ3) is 4.39. The predicted octanol–water partition coefficient (Wildman–Crippen LogP) is 3.18. The van der Waals surface area contributed by atoms with Gasteiger partial charge in [0.25, 0.3) is 5.91 Å². The van der Waals surface area contributed by atoms with Crippen molar-refractivity contribution in [2.75, 3.05) is 18.1 Å². The number of carbonyl (C=O) groups is 3. The molecule has 1 aliphatic heterocycles. The van der Waals surface area contributed by atoms with Crippen LogP contribution in [-0.4, -0.2) is 36.9 Å². The first-order valence-electron chi connectivity index (χ1n) is 9.31. The summed E-state index contributed by atoms with van der Waals surface area (Å²) in [6.45, 7) is 3.13. The van der Waals surface area contributed by atoms with Gasteiger partial charge in [-0.25, -0.2) is 4.79 Å². The number of para-hydroxylation sites is 1. The zero-order chi connectivity index (χ0) is 20.1. The van der Waals surface area contributed by atoms with Crippen molar-refractivity contribution < 1.29 is 23.9 Å². The summed E-state index contributed by atoms with van der Waals surface area (Å²) < 4.78 is 10.4. The van der Waals surface area contributed by atoms with Crippen molar-refractivity contribution in [1.29, 1.82) is 0 Å². The fourth-order valence-corrected chi connectivity index (χ4v) is 3.28. The molecule has 2 aromatic carbocycles. The van der Waals surface area contributed by atoms with E-state index in [0.717, 1.165) is 17.7 Å². The van der Waals surface area contributed by atoms with Crippen LogP contribution in [0.25, 0.3) is 0 Å². The van der Waals surface area contributed by atoms with E-state index in [-0.39, 0.29) is 30.9 Å². The van der Waals surface area contributed by atoms with Crippen LogP contribution in [-0.2, 0) is 20.7 Å². The summed E-state index contributed by atoms with van der Waals surface area (Å²) in [5, 5.41) is 0. The molecular formula is C22H23NO5. The van der Waals surface area contributed by atoms with E-state index in [9.17, 15) is 14.4 Å². The van der Waals surface area contributed by atoms with Gasteiger partial charge in [-0.15, -0.1) is 0 Å². The molecule has 0 saturated carbocycles. The Morgan fingerprint density at radius 1 is 1.04 bits per heavy atom. The zero-order valence-corrected chi connectivity index (χ0v) is 16.0. The molecule has 0 fully saturated rings. The molecule has 0 saturated heterocycles. The molecule has 0 N–H and O–H groups in total. The highest BCUT2D eigenvalue weighted by atomic mass is 16.6. The number of rotatable bonds is 7. The average molecular weight is 381 g/mol. The number of amides is 1. The Morgan fingerprint density at radius 3 is 2.46 bits per heavy atom. The van der Waals surface area contributed by atoms with Gasteiger partial charge >= 0.3 is 5.97 Å². The van der Waals surface area contributed by atoms with Gasteiger partial charge in [-0.05, 0) is 49.2 Å². The van der Waals surface area contributed by atoms with Crippen LogP contribution in [0.5, 0.6) is 5.75 Å². The van der Waals surface area contributed by atoms with E-state index < -0.39 is 5.97 Å². The Balaban J connectivity index is 1.48. The maximum Gasteiger partial charge on any atom is 0.344 e. The number of anilines is 1. The van der Waals surface area contributed by atoms with E-state index in [2.05, 4.69) is 0 Å². The second-order valence-electron chi connectivity index (χ2n) is 6.70. The van der Waals surface area contributed by atoms with Crippen LogP contribution in [0.2, 0.25) is 0 Å². The summed E-state index contributed by atoms with van der Waals surface area (Å²) in [4.78, 5) is 37.7. The van der Waals surface area contributed by atoms with Crippen molar-refractivity contribution in [3.8, 4) is 5.75 Å². The minimum atomic E-state index is -0.623. The van der Waals surface area contributed by atoms with Crippen molar-refractivity contribution in [3.05, 3.63) is 59.7 Å². The zero-order valence-electron chi connectivity index (χ0n) is 16.0. The van der Waals surface area contributed by atoms with Crippen LogP contribution in [0.15, 0.2) is 48.5 Å². The molecule has 2 aromatic rings. The second-order valence-corrected chi connectivity index (χ2v) is 6.70. The Morgan fingerprint density at radius 2 is 1.75 bits per heavy atom. The number of carbonyl (C=O) groups excluding carboxylic acids is 3. The number of hydrogen-bond acceptors (Lipinski definition) is 5. The number of ketones is 1. The van der Waals surface area contributed by atoms with Crippen LogP contribution in [0.3, 0.4) is 0 Å². The quantitative estimate of drug-likeness (QED) is 0.544. The molecule has 1 amide bonds. The summed E-state index contributed by atoms with van der Waals surface area (Å²) >= 11 is 0. The third-order valence-electron chi connectivity index (χ3n) is 4.69. The Bertz CT molecular complexity index is 875. The minimum absolute atomic E-state index is 0.0317. The molecule has 3 rings (SSSR count). The van der Waals surface area contributed by atoms with E-state index in [0.29, 0.717) is 17.7 Å². The molecule has 146 valence electrons. The summed E-state index contributed by atoms with van der Waals surface area (Å²) in [5.41, 5.74) is 2.58. The first kappa shape index (κ1) is 19.6. The summed E-state index contributed by atoms with van der Waals surface area (Å²) in [6, 6.07) is 14.3. The van der Waals surface area contributed by atoms with Gasteiger partial charge in [-0.1, -0.05) is 25.1 Å². The Hall–Kier alpha value is -3.15. The normalized spacial score (nSPS) is 15.1. The van der Waals surface area contributed by atoms with Crippen LogP contribution in [0.1, 0.15) is 36.2 Å². The highest BCUT2D eigenvalue weighted by Crippen LogP contribution is 2.31. The lowest BCUT2D eigenvalue weighted by Crippen LogP contribution is -2.39. The van der Waals surface area contributed by atoms with Crippen molar-refractivity contribution in [1.82, 2.24) is 0 Å². The largest absolute Gasteiger partial charge is 0.482 e. The monoisotopic (exact) mass is 381 g/mol. The first-order valence-corrected chi connectivity index (χ1v) is 9.31. The van der Waals surface area contributed by atoms with E-state index in [1.165, 1.54) is 0 Å². The molecule has 28 heavy (non-hydrogen) atoms. The molecule has 6 nitrogen and oxygen atoms in total. The van der Waals surface area contributed by atoms with E-state index in [1.54, 1.807) is 36.1 Å². The maximum absolute atomic E-state index is 12.5. The van der Waals surface area contributed by atoms with Crippen LogP contribution < -0.4 is 9.64 Å². The fourth-order valence-electron chi connectivity index (χ4n) is 3.28. The lowest BCUT2D eigenvalue weighted by Gasteiger charge is -2.22. The molecule has 1 heterocycles. The molecule has 6 heteroatoms.